The van der Waals surface area contributed by atoms with Crippen molar-refractivity contribution in [3.63, 3.8) is 0 Å². The molecule has 1 aliphatic rings. The quantitative estimate of drug-likeness (QED) is 0.482. The van der Waals surface area contributed by atoms with Crippen molar-refractivity contribution in [2.75, 3.05) is 4.90 Å². The highest BCUT2D eigenvalue weighted by Gasteiger charge is 2.36. The number of ether oxygens (including phenoxy) is 1. The monoisotopic (exact) mass is 323 g/mol. The second-order valence-electron chi connectivity index (χ2n) is 6.63. The molecule has 0 fully saturated rings. The van der Waals surface area contributed by atoms with E-state index in [4.69, 9.17) is 4.74 Å². The average molecular weight is 323 g/mol. The molecule has 5 nitrogen and oxygen atoms in total. The van der Waals surface area contributed by atoms with Gasteiger partial charge in [0.05, 0.1) is 22.2 Å². The molecule has 0 aliphatic carbocycles. The van der Waals surface area contributed by atoms with Gasteiger partial charge in [0.2, 0.25) is 0 Å². The van der Waals surface area contributed by atoms with E-state index in [2.05, 4.69) is 0 Å². The van der Waals surface area contributed by atoms with Crippen molar-refractivity contribution in [2.24, 2.45) is 5.41 Å². The zero-order chi connectivity index (χ0) is 17.5. The molecule has 2 aromatic carbocycles. The van der Waals surface area contributed by atoms with E-state index in [0.717, 1.165) is 4.90 Å². The lowest BCUT2D eigenvalue weighted by atomic mass is 9.97. The zero-order valence-electron chi connectivity index (χ0n) is 13.7. The normalized spacial score (nSPS) is 13.9. The predicted octanol–water partition coefficient (Wildman–Crippen LogP) is 3.44. The summed E-state index contributed by atoms with van der Waals surface area (Å²) in [5.74, 6) is -0.851. The molecule has 0 atom stereocenters. The number of fused-ring (bicyclic) bond motifs is 1. The van der Waals surface area contributed by atoms with Crippen molar-refractivity contribution in [3.8, 4) is 5.75 Å². The van der Waals surface area contributed by atoms with Crippen LogP contribution in [0.15, 0.2) is 48.5 Å². The number of nitrogens with zero attached hydrogens (tertiary/aromatic N) is 1. The predicted molar refractivity (Wildman–Crippen MR) is 89.1 cm³/mol. The molecule has 1 heterocycles. The highest BCUT2D eigenvalue weighted by molar-refractivity contribution is 6.34. The highest BCUT2D eigenvalue weighted by Crippen LogP contribution is 2.31. The van der Waals surface area contributed by atoms with E-state index in [9.17, 15) is 14.4 Å². The molecule has 0 spiro atoms. The lowest BCUT2D eigenvalue weighted by Gasteiger charge is -2.18. The minimum Gasteiger partial charge on any atom is -0.426 e. The summed E-state index contributed by atoms with van der Waals surface area (Å²) in [5.41, 5.74) is 0.477. The van der Waals surface area contributed by atoms with Gasteiger partial charge in [-0.25, -0.2) is 4.90 Å². The molecule has 0 bridgehead atoms. The summed E-state index contributed by atoms with van der Waals surface area (Å²) in [7, 11) is 0. The molecule has 24 heavy (non-hydrogen) atoms. The number of hydrogen-bond donors (Lipinski definition) is 0. The van der Waals surface area contributed by atoms with Crippen LogP contribution < -0.4 is 9.64 Å². The third-order valence-electron chi connectivity index (χ3n) is 3.69. The van der Waals surface area contributed by atoms with Gasteiger partial charge in [0.15, 0.2) is 0 Å². The zero-order valence-corrected chi connectivity index (χ0v) is 13.7. The van der Waals surface area contributed by atoms with Crippen LogP contribution in [-0.4, -0.2) is 17.8 Å². The molecule has 1 aliphatic heterocycles. The standard InChI is InChI=1S/C19H17NO4/c1-19(2,3)18(23)24-13-8-6-7-12(11-13)20-16(21)14-9-4-5-10-15(14)17(20)22/h4-11H,1-3H3. The smallest absolute Gasteiger partial charge is 0.316 e. The van der Waals surface area contributed by atoms with Crippen molar-refractivity contribution >= 4 is 23.5 Å². The topological polar surface area (TPSA) is 63.7 Å². The SMILES string of the molecule is CC(C)(C)C(=O)Oc1cccc(N2C(=O)c3ccccc3C2=O)c1. The van der Waals surface area contributed by atoms with E-state index in [0.29, 0.717) is 22.6 Å². The number of rotatable bonds is 2. The van der Waals surface area contributed by atoms with Crippen LogP contribution in [0, 0.1) is 5.41 Å². The van der Waals surface area contributed by atoms with Crippen molar-refractivity contribution in [3.05, 3.63) is 59.7 Å². The molecule has 0 unspecified atom stereocenters. The van der Waals surface area contributed by atoms with Crippen LogP contribution >= 0.6 is 0 Å². The minimum absolute atomic E-state index is 0.295. The summed E-state index contributed by atoms with van der Waals surface area (Å²) >= 11 is 0. The van der Waals surface area contributed by atoms with Crippen molar-refractivity contribution < 1.29 is 19.1 Å². The molecule has 0 radical (unpaired) electrons. The maximum atomic E-state index is 12.5. The second kappa shape index (κ2) is 5.60. The molecular weight excluding hydrogens is 306 g/mol. The van der Waals surface area contributed by atoms with Gasteiger partial charge < -0.3 is 4.74 Å². The fourth-order valence-electron chi connectivity index (χ4n) is 2.37. The van der Waals surface area contributed by atoms with Crippen LogP contribution in [0.5, 0.6) is 5.75 Å². The largest absolute Gasteiger partial charge is 0.426 e. The third kappa shape index (κ3) is 2.69. The van der Waals surface area contributed by atoms with Gasteiger partial charge in [0.1, 0.15) is 5.75 Å². The number of carbonyl (C=O) groups is 3. The molecule has 5 heteroatoms. The molecule has 0 saturated heterocycles. The number of carbonyl (C=O) groups excluding carboxylic acids is 3. The van der Waals surface area contributed by atoms with Crippen molar-refractivity contribution in [1.82, 2.24) is 0 Å². The summed E-state index contributed by atoms with van der Waals surface area (Å²) in [6.45, 7) is 5.26. The van der Waals surface area contributed by atoms with Crippen LogP contribution in [0.4, 0.5) is 5.69 Å². The highest BCUT2D eigenvalue weighted by atomic mass is 16.5. The number of amides is 2. The van der Waals surface area contributed by atoms with Crippen LogP contribution in [0.2, 0.25) is 0 Å². The Hall–Kier alpha value is -2.95. The first kappa shape index (κ1) is 15.9. The first-order chi connectivity index (χ1) is 11.3. The van der Waals surface area contributed by atoms with Gasteiger partial charge >= 0.3 is 5.97 Å². The first-order valence-corrected chi connectivity index (χ1v) is 7.59. The molecule has 0 aromatic heterocycles. The van der Waals surface area contributed by atoms with Crippen LogP contribution in [0.3, 0.4) is 0 Å². The van der Waals surface area contributed by atoms with Crippen molar-refractivity contribution in [1.29, 1.82) is 0 Å². The molecule has 0 N–H and O–H groups in total. The number of esters is 1. The lowest BCUT2D eigenvalue weighted by molar-refractivity contribution is -0.142. The minimum atomic E-state index is -0.647. The number of anilines is 1. The van der Waals surface area contributed by atoms with Gasteiger partial charge in [-0.05, 0) is 45.0 Å². The van der Waals surface area contributed by atoms with Gasteiger partial charge in [-0.2, -0.15) is 0 Å². The van der Waals surface area contributed by atoms with E-state index < -0.39 is 5.41 Å². The van der Waals surface area contributed by atoms with E-state index in [1.54, 1.807) is 63.2 Å². The average Bonchev–Trinajstić information content (AvgIpc) is 2.79. The van der Waals surface area contributed by atoms with Crippen LogP contribution in [-0.2, 0) is 4.79 Å². The molecule has 0 saturated carbocycles. The van der Waals surface area contributed by atoms with E-state index in [1.165, 1.54) is 6.07 Å². The van der Waals surface area contributed by atoms with Crippen molar-refractivity contribution in [2.45, 2.75) is 20.8 Å². The summed E-state index contributed by atoms with van der Waals surface area (Å²) < 4.78 is 5.34. The maximum Gasteiger partial charge on any atom is 0.316 e. The van der Waals surface area contributed by atoms with E-state index >= 15 is 0 Å². The Morgan fingerprint density at radius 2 is 1.50 bits per heavy atom. The van der Waals surface area contributed by atoms with Crippen LogP contribution in [0.1, 0.15) is 41.5 Å². The fourth-order valence-corrected chi connectivity index (χ4v) is 2.37. The fraction of sp³-hybridized carbons (Fsp3) is 0.211. The Bertz CT molecular complexity index is 813. The Morgan fingerprint density at radius 3 is 2.04 bits per heavy atom. The first-order valence-electron chi connectivity index (χ1n) is 7.59. The summed E-state index contributed by atoms with van der Waals surface area (Å²) in [4.78, 5) is 38.1. The molecule has 2 amide bonds. The maximum absolute atomic E-state index is 12.5. The van der Waals surface area contributed by atoms with Gasteiger partial charge in [-0.1, -0.05) is 18.2 Å². The Morgan fingerprint density at radius 1 is 0.917 bits per heavy atom. The van der Waals surface area contributed by atoms with Gasteiger partial charge in [-0.15, -0.1) is 0 Å². The molecular formula is C19H17NO4. The van der Waals surface area contributed by atoms with Gasteiger partial charge in [0.25, 0.3) is 11.8 Å². The Kier molecular flexibility index (Phi) is 3.72. The summed E-state index contributed by atoms with van der Waals surface area (Å²) in [5, 5.41) is 0. The Labute approximate surface area is 139 Å². The summed E-state index contributed by atoms with van der Waals surface area (Å²) in [6, 6.07) is 13.1. The van der Waals surface area contributed by atoms with Crippen LogP contribution in [0.25, 0.3) is 0 Å². The number of hydrogen-bond acceptors (Lipinski definition) is 4. The third-order valence-corrected chi connectivity index (χ3v) is 3.69. The lowest BCUT2D eigenvalue weighted by Crippen LogP contribution is -2.29. The van der Waals surface area contributed by atoms with Gasteiger partial charge in [0, 0.05) is 6.07 Å². The molecule has 122 valence electrons. The Balaban J connectivity index is 1.92. The number of benzene rings is 2. The number of imide groups is 1. The second-order valence-corrected chi connectivity index (χ2v) is 6.63. The molecule has 2 aromatic rings. The summed E-state index contributed by atoms with van der Waals surface area (Å²) in [6.07, 6.45) is 0. The van der Waals surface area contributed by atoms with E-state index in [1.807, 2.05) is 0 Å². The molecule has 3 rings (SSSR count). The van der Waals surface area contributed by atoms with Gasteiger partial charge in [-0.3, -0.25) is 14.4 Å². The van der Waals surface area contributed by atoms with E-state index in [-0.39, 0.29) is 17.8 Å².